The summed E-state index contributed by atoms with van der Waals surface area (Å²) in [7, 11) is 1.96. The van der Waals surface area contributed by atoms with Gasteiger partial charge in [-0.3, -0.25) is 9.59 Å². The highest BCUT2D eigenvalue weighted by molar-refractivity contribution is 7.20. The van der Waals surface area contributed by atoms with E-state index in [1.807, 2.05) is 11.9 Å². The van der Waals surface area contributed by atoms with E-state index in [0.717, 1.165) is 38.9 Å². The Morgan fingerprint density at radius 2 is 2.00 bits per heavy atom. The number of piperidine rings is 1. The lowest BCUT2D eigenvalue weighted by atomic mass is 9.93. The van der Waals surface area contributed by atoms with Gasteiger partial charge in [0, 0.05) is 31.5 Å². The number of nitrogens with one attached hydrogen (secondary N) is 1. The summed E-state index contributed by atoms with van der Waals surface area (Å²) in [5.74, 6) is 0.637. The van der Waals surface area contributed by atoms with Gasteiger partial charge in [-0.1, -0.05) is 23.2 Å². The lowest BCUT2D eigenvalue weighted by Crippen LogP contribution is -2.39. The first-order valence-electron chi connectivity index (χ1n) is 7.91. The minimum Gasteiger partial charge on any atom is -0.343 e. The zero-order valence-electron chi connectivity index (χ0n) is 13.2. The van der Waals surface area contributed by atoms with E-state index in [1.165, 1.54) is 11.3 Å². The largest absolute Gasteiger partial charge is 0.343 e. The third-order valence-corrected chi connectivity index (χ3v) is 5.78. The van der Waals surface area contributed by atoms with E-state index in [2.05, 4.69) is 5.32 Å². The van der Waals surface area contributed by atoms with Crippen LogP contribution >= 0.6 is 34.5 Å². The number of hydrogen-bond acceptors (Lipinski definition) is 4. The van der Waals surface area contributed by atoms with Gasteiger partial charge in [0.1, 0.15) is 4.34 Å². The third kappa shape index (κ3) is 5.45. The van der Waals surface area contributed by atoms with Crippen LogP contribution in [0.1, 0.15) is 42.5 Å². The molecule has 0 unspecified atom stereocenters. The second kappa shape index (κ2) is 9.02. The Hall–Kier alpha value is -0.620. The standard InChI is InChI=1S/C16H22Cl2N2O2S/c1-19-7-4-11-5-8-20(9-6-11)15(22)3-2-13(21)12-10-14(17)23-16(12)18/h10-11,19H,2-9H2,1H3. The maximum Gasteiger partial charge on any atom is 0.223 e. The summed E-state index contributed by atoms with van der Waals surface area (Å²) in [5.41, 5.74) is 0.431. The zero-order valence-corrected chi connectivity index (χ0v) is 15.6. The normalized spacial score (nSPS) is 15.9. The van der Waals surface area contributed by atoms with Crippen molar-refractivity contribution in [3.63, 3.8) is 0 Å². The van der Waals surface area contributed by atoms with Gasteiger partial charge in [-0.25, -0.2) is 0 Å². The van der Waals surface area contributed by atoms with Crippen LogP contribution in [-0.4, -0.2) is 43.3 Å². The molecule has 0 aromatic carbocycles. The Balaban J connectivity index is 1.75. The van der Waals surface area contributed by atoms with Crippen LogP contribution in [0.4, 0.5) is 0 Å². The molecule has 2 rings (SSSR count). The summed E-state index contributed by atoms with van der Waals surface area (Å²) < 4.78 is 0.895. The second-order valence-corrected chi connectivity index (χ2v) is 8.16. The lowest BCUT2D eigenvalue weighted by molar-refractivity contribution is -0.132. The van der Waals surface area contributed by atoms with E-state index in [9.17, 15) is 9.59 Å². The fourth-order valence-corrected chi connectivity index (χ4v) is 4.36. The quantitative estimate of drug-likeness (QED) is 0.734. The number of thiophene rings is 1. The molecular formula is C16H22Cl2N2O2S. The number of halogens is 2. The first-order chi connectivity index (χ1) is 11.0. The molecule has 128 valence electrons. The van der Waals surface area contributed by atoms with Crippen molar-refractivity contribution in [2.45, 2.75) is 32.1 Å². The van der Waals surface area contributed by atoms with Crippen molar-refractivity contribution in [3.8, 4) is 0 Å². The summed E-state index contributed by atoms with van der Waals surface area (Å²) in [6.07, 6.45) is 3.68. The number of Topliss-reactive ketones (excluding diaryl/α,β-unsaturated/α-hetero) is 1. The van der Waals surface area contributed by atoms with Gasteiger partial charge in [0.15, 0.2) is 5.78 Å². The van der Waals surface area contributed by atoms with Crippen molar-refractivity contribution in [1.29, 1.82) is 0 Å². The van der Waals surface area contributed by atoms with Gasteiger partial charge < -0.3 is 10.2 Å². The Morgan fingerprint density at radius 1 is 1.30 bits per heavy atom. The minimum absolute atomic E-state index is 0.0582. The van der Waals surface area contributed by atoms with Gasteiger partial charge in [-0.15, -0.1) is 11.3 Å². The van der Waals surface area contributed by atoms with Gasteiger partial charge in [-0.05, 0) is 44.8 Å². The van der Waals surface area contributed by atoms with Gasteiger partial charge in [-0.2, -0.15) is 0 Å². The van der Waals surface area contributed by atoms with Crippen LogP contribution in [0.25, 0.3) is 0 Å². The number of rotatable bonds is 7. The van der Waals surface area contributed by atoms with E-state index in [1.54, 1.807) is 6.07 Å². The fourth-order valence-electron chi connectivity index (χ4n) is 2.86. The van der Waals surface area contributed by atoms with E-state index in [4.69, 9.17) is 23.2 Å². The molecule has 1 aromatic rings. The number of ketones is 1. The molecule has 0 radical (unpaired) electrons. The van der Waals surface area contributed by atoms with Gasteiger partial charge in [0.25, 0.3) is 0 Å². The highest BCUT2D eigenvalue weighted by Crippen LogP contribution is 2.32. The molecule has 1 amide bonds. The highest BCUT2D eigenvalue weighted by atomic mass is 35.5. The Bertz CT molecular complexity index is 554. The Kier molecular flexibility index (Phi) is 7.34. The van der Waals surface area contributed by atoms with Crippen molar-refractivity contribution >= 4 is 46.2 Å². The number of nitrogens with zero attached hydrogens (tertiary/aromatic N) is 1. The molecule has 0 spiro atoms. The van der Waals surface area contributed by atoms with Crippen molar-refractivity contribution in [2.75, 3.05) is 26.7 Å². The van der Waals surface area contributed by atoms with Crippen LogP contribution in [0.3, 0.4) is 0 Å². The number of carbonyl (C=O) groups excluding carboxylic acids is 2. The van der Waals surface area contributed by atoms with Gasteiger partial charge >= 0.3 is 0 Å². The summed E-state index contributed by atoms with van der Waals surface area (Å²) in [4.78, 5) is 26.3. The maximum absolute atomic E-state index is 12.2. The number of amides is 1. The van der Waals surface area contributed by atoms with Crippen LogP contribution in [0.2, 0.25) is 8.67 Å². The minimum atomic E-state index is -0.115. The predicted octanol–water partition coefficient (Wildman–Crippen LogP) is 3.87. The zero-order chi connectivity index (χ0) is 16.8. The van der Waals surface area contributed by atoms with E-state index < -0.39 is 0 Å². The Morgan fingerprint density at radius 3 is 2.57 bits per heavy atom. The first-order valence-corrected chi connectivity index (χ1v) is 9.49. The van der Waals surface area contributed by atoms with Crippen LogP contribution in [0.5, 0.6) is 0 Å². The summed E-state index contributed by atoms with van der Waals surface area (Å²) in [6.45, 7) is 2.62. The Labute approximate surface area is 151 Å². The fraction of sp³-hybridized carbons (Fsp3) is 0.625. The van der Waals surface area contributed by atoms with Crippen LogP contribution < -0.4 is 5.32 Å². The molecule has 2 heterocycles. The molecule has 23 heavy (non-hydrogen) atoms. The molecule has 1 saturated heterocycles. The van der Waals surface area contributed by atoms with Crippen molar-refractivity contribution in [1.82, 2.24) is 10.2 Å². The molecule has 1 N–H and O–H groups in total. The molecule has 1 aliphatic heterocycles. The SMILES string of the molecule is CNCCC1CCN(C(=O)CCC(=O)c2cc(Cl)sc2Cl)CC1. The molecule has 1 aliphatic rings. The highest BCUT2D eigenvalue weighted by Gasteiger charge is 2.23. The van der Waals surface area contributed by atoms with Crippen molar-refractivity contribution < 1.29 is 9.59 Å². The van der Waals surface area contributed by atoms with Gasteiger partial charge in [0.05, 0.1) is 4.34 Å². The summed E-state index contributed by atoms with van der Waals surface area (Å²) in [6, 6.07) is 1.58. The monoisotopic (exact) mass is 376 g/mol. The average molecular weight is 377 g/mol. The lowest BCUT2D eigenvalue weighted by Gasteiger charge is -2.32. The molecule has 0 atom stereocenters. The van der Waals surface area contributed by atoms with E-state index in [0.29, 0.717) is 20.2 Å². The number of hydrogen-bond donors (Lipinski definition) is 1. The summed E-state index contributed by atoms with van der Waals surface area (Å²) in [5, 5.41) is 3.17. The molecule has 4 nitrogen and oxygen atoms in total. The second-order valence-electron chi connectivity index (χ2n) is 5.88. The molecule has 1 fully saturated rings. The molecule has 7 heteroatoms. The smallest absolute Gasteiger partial charge is 0.223 e. The van der Waals surface area contributed by atoms with Crippen LogP contribution in [-0.2, 0) is 4.79 Å². The molecule has 1 aromatic heterocycles. The maximum atomic E-state index is 12.2. The number of carbonyl (C=O) groups is 2. The van der Waals surface area contributed by atoms with E-state index >= 15 is 0 Å². The molecule has 0 aliphatic carbocycles. The van der Waals surface area contributed by atoms with Gasteiger partial charge in [0.2, 0.25) is 5.91 Å². The molecular weight excluding hydrogens is 355 g/mol. The topological polar surface area (TPSA) is 49.4 Å². The number of likely N-dealkylation sites (tertiary alicyclic amines) is 1. The summed E-state index contributed by atoms with van der Waals surface area (Å²) >= 11 is 13.0. The third-order valence-electron chi connectivity index (χ3n) is 4.29. The predicted molar refractivity (Wildman–Crippen MR) is 95.8 cm³/mol. The molecule has 0 bridgehead atoms. The molecule has 0 saturated carbocycles. The van der Waals surface area contributed by atoms with Crippen molar-refractivity contribution in [2.24, 2.45) is 5.92 Å². The first kappa shape index (κ1) is 18.7. The van der Waals surface area contributed by atoms with Crippen LogP contribution in [0, 0.1) is 5.92 Å². The van der Waals surface area contributed by atoms with Crippen LogP contribution in [0.15, 0.2) is 6.07 Å². The van der Waals surface area contributed by atoms with Crippen molar-refractivity contribution in [3.05, 3.63) is 20.3 Å². The van der Waals surface area contributed by atoms with E-state index in [-0.39, 0.29) is 24.5 Å². The average Bonchev–Trinajstić information content (AvgIpc) is 2.89.